The molecule has 0 spiro atoms. The maximum atomic E-state index is 13.5. The summed E-state index contributed by atoms with van der Waals surface area (Å²) in [5.41, 5.74) is 1.22. The number of phenols is 3. The van der Waals surface area contributed by atoms with Gasteiger partial charge in [-0.2, -0.15) is 0 Å². The van der Waals surface area contributed by atoms with Crippen LogP contribution >= 0.6 is 63.7 Å². The first-order valence-electron chi connectivity index (χ1n) is 9.45. The minimum atomic E-state index is -0.842. The van der Waals surface area contributed by atoms with E-state index >= 15 is 0 Å². The number of hydrogen-bond acceptors (Lipinski definition) is 6. The number of aromatic hydroxyl groups is 3. The van der Waals surface area contributed by atoms with E-state index in [0.717, 1.165) is 0 Å². The minimum Gasteiger partial charge on any atom is -0.508 e. The molecule has 8 nitrogen and oxygen atoms in total. The third-order valence-corrected chi connectivity index (χ3v) is 7.32. The predicted octanol–water partition coefficient (Wildman–Crippen LogP) is 5.44. The fraction of sp³-hybridized carbons (Fsp3) is 0. The summed E-state index contributed by atoms with van der Waals surface area (Å²) in [6.45, 7) is 0. The van der Waals surface area contributed by atoms with Gasteiger partial charge in [0, 0.05) is 11.1 Å². The number of carbonyl (C=O) groups excluding carboxylic acids is 2. The lowest BCUT2D eigenvalue weighted by Crippen LogP contribution is -2.11. The van der Waals surface area contributed by atoms with Crippen LogP contribution in [0.1, 0.15) is 21.5 Å². The number of benzene rings is 3. The van der Waals surface area contributed by atoms with Crippen molar-refractivity contribution in [2.75, 3.05) is 0 Å². The van der Waals surface area contributed by atoms with Gasteiger partial charge in [0.1, 0.15) is 28.6 Å². The molecule has 0 unspecified atom stereocenters. The van der Waals surface area contributed by atoms with Crippen molar-refractivity contribution in [3.8, 4) is 17.2 Å². The maximum absolute atomic E-state index is 13.5. The number of Topliss-reactive ketones (excluding diaryl/α,β-unsaturated/α-hetero) is 1. The van der Waals surface area contributed by atoms with Crippen LogP contribution in [-0.2, 0) is 9.53 Å². The third-order valence-electron chi connectivity index (χ3n) is 4.91. The predicted molar refractivity (Wildman–Crippen MR) is 148 cm³/mol. The van der Waals surface area contributed by atoms with Gasteiger partial charge in [-0.15, -0.1) is 0 Å². The van der Waals surface area contributed by atoms with Gasteiger partial charge in [-0.3, -0.25) is 4.79 Å². The number of phenolic OH excluding ortho intramolecular Hbond substituents is 3. The highest BCUT2D eigenvalue weighted by molar-refractivity contribution is 9.11. The molecular formula is C24H16Br4O8. The highest BCUT2D eigenvalue weighted by atomic mass is 79.9. The van der Waals surface area contributed by atoms with Crippen molar-refractivity contribution in [1.29, 1.82) is 0 Å². The van der Waals surface area contributed by atoms with Gasteiger partial charge in [0.05, 0.1) is 17.9 Å². The summed E-state index contributed by atoms with van der Waals surface area (Å²) in [5, 5.41) is 29.7. The first-order chi connectivity index (χ1) is 16.1. The number of halogens is 4. The normalized spacial score (nSPS) is 13.8. The van der Waals surface area contributed by atoms with E-state index in [9.17, 15) is 24.9 Å². The second-order valence-corrected chi connectivity index (χ2v) is 10.6. The van der Waals surface area contributed by atoms with Crippen LogP contribution in [0.15, 0.2) is 77.8 Å². The van der Waals surface area contributed by atoms with Crippen molar-refractivity contribution >= 4 is 87.1 Å². The number of ether oxygens (including phenoxy) is 1. The van der Waals surface area contributed by atoms with E-state index < -0.39 is 11.8 Å². The molecule has 12 heteroatoms. The van der Waals surface area contributed by atoms with Crippen LogP contribution in [0.2, 0.25) is 0 Å². The van der Waals surface area contributed by atoms with Gasteiger partial charge in [0.2, 0.25) is 5.78 Å². The van der Waals surface area contributed by atoms with Crippen LogP contribution in [0.3, 0.4) is 0 Å². The molecular weight excluding hydrogens is 736 g/mol. The smallest absolute Gasteiger partial charge is 0.348 e. The first-order valence-corrected chi connectivity index (χ1v) is 12.6. The second kappa shape index (κ2) is 11.7. The van der Waals surface area contributed by atoms with Gasteiger partial charge < -0.3 is 31.0 Å². The zero-order valence-corrected chi connectivity index (χ0v) is 24.1. The molecule has 7 N–H and O–H groups in total. The first kappa shape index (κ1) is 29.7. The van der Waals surface area contributed by atoms with E-state index in [0.29, 0.717) is 20.1 Å². The summed E-state index contributed by atoms with van der Waals surface area (Å²) in [6, 6.07) is 12.2. The van der Waals surface area contributed by atoms with E-state index in [-0.39, 0.29) is 59.6 Å². The van der Waals surface area contributed by atoms with Crippen molar-refractivity contribution < 1.29 is 40.6 Å². The fourth-order valence-corrected chi connectivity index (χ4v) is 5.67. The molecule has 0 aromatic heterocycles. The van der Waals surface area contributed by atoms with Crippen LogP contribution in [0, 0.1) is 0 Å². The lowest BCUT2D eigenvalue weighted by atomic mass is 9.93. The van der Waals surface area contributed by atoms with Crippen LogP contribution in [0.5, 0.6) is 17.2 Å². The number of rotatable bonds is 4. The number of esters is 1. The van der Waals surface area contributed by atoms with E-state index in [4.69, 9.17) is 4.74 Å². The average Bonchev–Trinajstić information content (AvgIpc) is 3.11. The molecule has 0 saturated carbocycles. The van der Waals surface area contributed by atoms with E-state index in [1.54, 1.807) is 30.3 Å². The lowest BCUT2D eigenvalue weighted by molar-refractivity contribution is -0.132. The maximum Gasteiger partial charge on any atom is 0.348 e. The van der Waals surface area contributed by atoms with E-state index in [1.165, 1.54) is 24.3 Å². The molecule has 0 amide bonds. The van der Waals surface area contributed by atoms with Gasteiger partial charge in [0.15, 0.2) is 0 Å². The molecule has 1 heterocycles. The molecule has 3 aromatic rings. The summed E-state index contributed by atoms with van der Waals surface area (Å²) >= 11 is 13.0. The van der Waals surface area contributed by atoms with Gasteiger partial charge in [-0.25, -0.2) is 4.79 Å². The van der Waals surface area contributed by atoms with Gasteiger partial charge in [-0.05, 0) is 117 Å². The molecule has 188 valence electrons. The lowest BCUT2D eigenvalue weighted by Gasteiger charge is -2.10. The molecule has 4 rings (SSSR count). The zero-order valence-electron chi connectivity index (χ0n) is 17.8. The molecule has 0 aliphatic carbocycles. The third kappa shape index (κ3) is 5.74. The zero-order chi connectivity index (χ0) is 24.7. The molecule has 0 radical (unpaired) electrons. The fourth-order valence-electron chi connectivity index (χ4n) is 3.29. The Labute approximate surface area is 238 Å². The Hall–Kier alpha value is -2.48. The number of allylic oxidation sites excluding steroid dienone is 1. The van der Waals surface area contributed by atoms with Crippen LogP contribution in [0.25, 0.3) is 11.6 Å². The highest BCUT2D eigenvalue weighted by Crippen LogP contribution is 2.43. The summed E-state index contributed by atoms with van der Waals surface area (Å²) in [7, 11) is 0. The topological polar surface area (TPSA) is 167 Å². The summed E-state index contributed by atoms with van der Waals surface area (Å²) in [4.78, 5) is 26.5. The van der Waals surface area contributed by atoms with Crippen LogP contribution < -0.4 is 0 Å². The highest BCUT2D eigenvalue weighted by Gasteiger charge is 2.37. The molecule has 0 bridgehead atoms. The number of ketones is 1. The van der Waals surface area contributed by atoms with Crippen LogP contribution in [-0.4, -0.2) is 38.0 Å². The Kier molecular flexibility index (Phi) is 9.68. The summed E-state index contributed by atoms with van der Waals surface area (Å²) in [5.74, 6) is -1.38. The van der Waals surface area contributed by atoms with Crippen molar-refractivity contribution in [2.45, 2.75) is 0 Å². The molecule has 3 aromatic carbocycles. The molecule has 0 fully saturated rings. The number of cyclic esters (lactones) is 1. The largest absolute Gasteiger partial charge is 0.508 e. The quantitative estimate of drug-likeness (QED) is 0.182. The van der Waals surface area contributed by atoms with Crippen molar-refractivity contribution in [3.05, 3.63) is 94.4 Å². The number of hydrogen-bond donors (Lipinski definition) is 3. The SMILES string of the molecule is O.O.O=C1O/C(=C\c2ccc(O)cc2)C(c2cc(Br)c(O)c(Br)c2)=C1C(=O)c1cc(Br)c(O)c(Br)c1. The van der Waals surface area contributed by atoms with Gasteiger partial charge in [0.25, 0.3) is 0 Å². The van der Waals surface area contributed by atoms with E-state index in [2.05, 4.69) is 63.7 Å². The molecule has 0 atom stereocenters. The summed E-state index contributed by atoms with van der Waals surface area (Å²) in [6.07, 6.45) is 1.57. The molecule has 0 saturated heterocycles. The number of carbonyl (C=O) groups is 2. The Balaban J connectivity index is 0.00000228. The van der Waals surface area contributed by atoms with Crippen molar-refractivity contribution in [1.82, 2.24) is 0 Å². The Morgan fingerprint density at radius 2 is 1.25 bits per heavy atom. The monoisotopic (exact) mass is 748 g/mol. The van der Waals surface area contributed by atoms with Crippen LogP contribution in [0.4, 0.5) is 0 Å². The summed E-state index contributed by atoms with van der Waals surface area (Å²) < 4.78 is 6.74. The van der Waals surface area contributed by atoms with Crippen molar-refractivity contribution in [3.63, 3.8) is 0 Å². The Morgan fingerprint density at radius 1 is 0.778 bits per heavy atom. The molecule has 1 aliphatic rings. The average molecular weight is 752 g/mol. The standard InChI is InChI=1S/C24H12Br4O6.2H2O/c25-14-6-11(7-15(26)22(14)31)19-18(5-10-1-3-13(29)4-2-10)34-24(33)20(19)21(30)12-8-16(27)23(32)17(28)9-12;;/h1-9,29,31-32H;2*1H2/b18-5-;;. The Morgan fingerprint density at radius 3 is 1.75 bits per heavy atom. The second-order valence-electron chi connectivity index (χ2n) is 7.15. The van der Waals surface area contributed by atoms with Gasteiger partial charge in [-0.1, -0.05) is 12.1 Å². The van der Waals surface area contributed by atoms with Gasteiger partial charge >= 0.3 is 5.97 Å². The molecule has 36 heavy (non-hydrogen) atoms. The van der Waals surface area contributed by atoms with Crippen molar-refractivity contribution in [2.24, 2.45) is 0 Å². The minimum absolute atomic E-state index is 0. The Bertz CT molecular complexity index is 1380. The van der Waals surface area contributed by atoms with E-state index in [1.807, 2.05) is 0 Å². The molecule has 1 aliphatic heterocycles.